The van der Waals surface area contributed by atoms with Gasteiger partial charge in [0.2, 0.25) is 0 Å². The summed E-state index contributed by atoms with van der Waals surface area (Å²) in [6, 6.07) is 2.88. The SMILES string of the molecule is CCCNC(Cc1cc(C)nn1C)CC1CC2CCC1C2. The average molecular weight is 289 g/mol. The lowest BCUT2D eigenvalue weighted by molar-refractivity contribution is 0.275. The standard InChI is InChI=1S/C18H31N3/c1-4-7-19-17(12-18-8-13(2)20-21(18)3)11-16-10-14-5-6-15(16)9-14/h8,14-17,19H,4-7,9-12H2,1-3H3. The lowest BCUT2D eigenvalue weighted by atomic mass is 9.83. The zero-order valence-corrected chi connectivity index (χ0v) is 13.9. The fourth-order valence-electron chi connectivity index (χ4n) is 4.73. The highest BCUT2D eigenvalue weighted by atomic mass is 15.3. The minimum atomic E-state index is 0.629. The third-order valence-corrected chi connectivity index (χ3v) is 5.71. The third-order valence-electron chi connectivity index (χ3n) is 5.71. The minimum absolute atomic E-state index is 0.629. The molecule has 2 fully saturated rings. The molecule has 0 saturated heterocycles. The smallest absolute Gasteiger partial charge is 0.0596 e. The Morgan fingerprint density at radius 2 is 2.24 bits per heavy atom. The fraction of sp³-hybridized carbons (Fsp3) is 0.833. The highest BCUT2D eigenvalue weighted by molar-refractivity contribution is 5.10. The molecular formula is C18H31N3. The molecule has 0 spiro atoms. The molecule has 0 amide bonds. The monoisotopic (exact) mass is 289 g/mol. The summed E-state index contributed by atoms with van der Waals surface area (Å²) in [5.41, 5.74) is 2.52. The molecule has 21 heavy (non-hydrogen) atoms. The van der Waals surface area contributed by atoms with Crippen LogP contribution < -0.4 is 5.32 Å². The van der Waals surface area contributed by atoms with E-state index in [0.29, 0.717) is 6.04 Å². The van der Waals surface area contributed by atoms with E-state index in [4.69, 9.17) is 0 Å². The Labute approximate surface area is 129 Å². The van der Waals surface area contributed by atoms with Crippen LogP contribution in [0.5, 0.6) is 0 Å². The van der Waals surface area contributed by atoms with Gasteiger partial charge < -0.3 is 5.32 Å². The van der Waals surface area contributed by atoms with Crippen LogP contribution >= 0.6 is 0 Å². The first-order valence-electron chi connectivity index (χ1n) is 8.88. The van der Waals surface area contributed by atoms with Gasteiger partial charge in [-0.1, -0.05) is 13.3 Å². The maximum atomic E-state index is 4.50. The molecule has 1 N–H and O–H groups in total. The van der Waals surface area contributed by atoms with Crippen LogP contribution in [0, 0.1) is 24.7 Å². The van der Waals surface area contributed by atoms with E-state index in [-0.39, 0.29) is 0 Å². The lowest BCUT2D eigenvalue weighted by Gasteiger charge is -2.27. The van der Waals surface area contributed by atoms with E-state index in [0.717, 1.165) is 36.4 Å². The van der Waals surface area contributed by atoms with Gasteiger partial charge in [0, 0.05) is 25.2 Å². The molecule has 118 valence electrons. The van der Waals surface area contributed by atoms with Crippen LogP contribution in [0.2, 0.25) is 0 Å². The van der Waals surface area contributed by atoms with Crippen molar-refractivity contribution in [2.75, 3.05) is 6.54 Å². The van der Waals surface area contributed by atoms with E-state index in [1.807, 2.05) is 0 Å². The van der Waals surface area contributed by atoms with Gasteiger partial charge in [-0.25, -0.2) is 0 Å². The Balaban J connectivity index is 1.61. The van der Waals surface area contributed by atoms with Crippen molar-refractivity contribution < 1.29 is 0 Å². The van der Waals surface area contributed by atoms with Crippen molar-refractivity contribution in [2.45, 2.75) is 64.8 Å². The summed E-state index contributed by atoms with van der Waals surface area (Å²) < 4.78 is 2.07. The highest BCUT2D eigenvalue weighted by Gasteiger charge is 2.40. The van der Waals surface area contributed by atoms with Gasteiger partial charge >= 0.3 is 0 Å². The molecular weight excluding hydrogens is 258 g/mol. The molecule has 0 aromatic carbocycles. The van der Waals surface area contributed by atoms with Gasteiger partial charge in [-0.15, -0.1) is 0 Å². The molecule has 1 aromatic rings. The summed E-state index contributed by atoms with van der Waals surface area (Å²) >= 11 is 0. The van der Waals surface area contributed by atoms with Crippen molar-refractivity contribution in [3.05, 3.63) is 17.5 Å². The number of nitrogens with zero attached hydrogens (tertiary/aromatic N) is 2. The van der Waals surface area contributed by atoms with Gasteiger partial charge in [-0.05, 0) is 69.4 Å². The van der Waals surface area contributed by atoms with Gasteiger partial charge in [-0.2, -0.15) is 5.10 Å². The number of hydrogen-bond acceptors (Lipinski definition) is 2. The summed E-state index contributed by atoms with van der Waals surface area (Å²) in [5, 5.41) is 8.30. The van der Waals surface area contributed by atoms with Crippen molar-refractivity contribution in [1.29, 1.82) is 0 Å². The zero-order chi connectivity index (χ0) is 14.8. The predicted octanol–water partition coefficient (Wildman–Crippen LogP) is 3.47. The molecule has 4 unspecified atom stereocenters. The largest absolute Gasteiger partial charge is 0.314 e. The quantitative estimate of drug-likeness (QED) is 0.833. The van der Waals surface area contributed by atoms with E-state index >= 15 is 0 Å². The first kappa shape index (κ1) is 15.1. The molecule has 4 atom stereocenters. The van der Waals surface area contributed by atoms with Crippen molar-refractivity contribution in [3.8, 4) is 0 Å². The second kappa shape index (κ2) is 6.51. The molecule has 2 aliphatic rings. The van der Waals surface area contributed by atoms with Crippen LogP contribution in [0.4, 0.5) is 0 Å². The maximum Gasteiger partial charge on any atom is 0.0596 e. The van der Waals surface area contributed by atoms with Gasteiger partial charge in [-0.3, -0.25) is 4.68 Å². The van der Waals surface area contributed by atoms with E-state index in [2.05, 4.69) is 42.1 Å². The van der Waals surface area contributed by atoms with Gasteiger partial charge in [0.05, 0.1) is 5.69 Å². The topological polar surface area (TPSA) is 29.9 Å². The lowest BCUT2D eigenvalue weighted by Crippen LogP contribution is -2.35. The number of nitrogens with one attached hydrogen (secondary N) is 1. The number of rotatable bonds is 7. The Morgan fingerprint density at radius 1 is 1.38 bits per heavy atom. The highest BCUT2D eigenvalue weighted by Crippen LogP contribution is 2.49. The average Bonchev–Trinajstić information content (AvgIpc) is 3.13. The third kappa shape index (κ3) is 3.50. The molecule has 0 aliphatic heterocycles. The molecule has 0 radical (unpaired) electrons. The summed E-state index contributed by atoms with van der Waals surface area (Å²) in [7, 11) is 2.08. The number of fused-ring (bicyclic) bond motifs is 2. The van der Waals surface area contributed by atoms with Crippen molar-refractivity contribution in [2.24, 2.45) is 24.8 Å². The van der Waals surface area contributed by atoms with Gasteiger partial charge in [0.1, 0.15) is 0 Å². The van der Waals surface area contributed by atoms with Crippen molar-refractivity contribution in [3.63, 3.8) is 0 Å². The normalized spacial score (nSPS) is 29.2. The minimum Gasteiger partial charge on any atom is -0.314 e. The first-order chi connectivity index (χ1) is 10.2. The summed E-state index contributed by atoms with van der Waals surface area (Å²) in [6.07, 6.45) is 9.75. The van der Waals surface area contributed by atoms with Crippen LogP contribution in [0.25, 0.3) is 0 Å². The summed E-state index contributed by atoms with van der Waals surface area (Å²) in [6.45, 7) is 5.49. The van der Waals surface area contributed by atoms with E-state index in [1.54, 1.807) is 0 Å². The van der Waals surface area contributed by atoms with Crippen LogP contribution in [0.3, 0.4) is 0 Å². The van der Waals surface area contributed by atoms with Crippen molar-refractivity contribution in [1.82, 2.24) is 15.1 Å². The molecule has 2 bridgehead atoms. The molecule has 1 aromatic heterocycles. The Kier molecular flexibility index (Phi) is 4.68. The molecule has 2 aliphatic carbocycles. The second-order valence-corrected chi connectivity index (χ2v) is 7.43. The Morgan fingerprint density at radius 3 is 2.81 bits per heavy atom. The van der Waals surface area contributed by atoms with Crippen LogP contribution in [-0.4, -0.2) is 22.4 Å². The van der Waals surface area contributed by atoms with E-state index < -0.39 is 0 Å². The van der Waals surface area contributed by atoms with Crippen LogP contribution in [-0.2, 0) is 13.5 Å². The number of aryl methyl sites for hydroxylation is 2. The molecule has 3 rings (SSSR count). The Bertz CT molecular complexity index is 465. The summed E-state index contributed by atoms with van der Waals surface area (Å²) in [5.74, 6) is 3.08. The van der Waals surface area contributed by atoms with Gasteiger partial charge in [0.25, 0.3) is 0 Å². The zero-order valence-electron chi connectivity index (χ0n) is 13.9. The molecule has 2 saturated carbocycles. The van der Waals surface area contributed by atoms with E-state index in [1.165, 1.54) is 44.2 Å². The van der Waals surface area contributed by atoms with Crippen molar-refractivity contribution >= 4 is 0 Å². The maximum absolute atomic E-state index is 4.50. The van der Waals surface area contributed by atoms with Crippen LogP contribution in [0.1, 0.15) is 56.8 Å². The van der Waals surface area contributed by atoms with Crippen LogP contribution in [0.15, 0.2) is 6.07 Å². The summed E-state index contributed by atoms with van der Waals surface area (Å²) in [4.78, 5) is 0. The second-order valence-electron chi connectivity index (χ2n) is 7.43. The molecule has 3 heteroatoms. The molecule has 1 heterocycles. The molecule has 3 nitrogen and oxygen atoms in total. The first-order valence-corrected chi connectivity index (χ1v) is 8.88. The predicted molar refractivity (Wildman–Crippen MR) is 87.3 cm³/mol. The number of aromatic nitrogens is 2. The van der Waals surface area contributed by atoms with Gasteiger partial charge in [0.15, 0.2) is 0 Å². The van der Waals surface area contributed by atoms with E-state index in [9.17, 15) is 0 Å². The number of hydrogen-bond donors (Lipinski definition) is 1. The fourth-order valence-corrected chi connectivity index (χ4v) is 4.73. The Hall–Kier alpha value is -0.830.